The van der Waals surface area contributed by atoms with Crippen LogP contribution in [0.15, 0.2) is 59.8 Å². The van der Waals surface area contributed by atoms with Crippen LogP contribution in [0, 0.1) is 5.82 Å². The Hall–Kier alpha value is -3.52. The lowest BCUT2D eigenvalue weighted by Crippen LogP contribution is -2.40. The molecule has 5 rings (SSSR count). The zero-order valence-corrected chi connectivity index (χ0v) is 17.2. The molecule has 2 heterocycles. The average molecular weight is 438 g/mol. The van der Waals surface area contributed by atoms with Crippen molar-refractivity contribution in [3.63, 3.8) is 0 Å². The Balaban J connectivity index is 1.42. The van der Waals surface area contributed by atoms with Gasteiger partial charge in [-0.25, -0.2) is 9.37 Å². The first kappa shape index (κ1) is 19.4. The summed E-state index contributed by atoms with van der Waals surface area (Å²) in [5.41, 5.74) is 0.802. The Labute approximate surface area is 181 Å². The lowest BCUT2D eigenvalue weighted by atomic mass is 10.1. The molecule has 1 aliphatic rings. The maximum absolute atomic E-state index is 13.9. The van der Waals surface area contributed by atoms with Crippen LogP contribution in [-0.2, 0) is 17.4 Å². The summed E-state index contributed by atoms with van der Waals surface area (Å²) in [6.07, 6.45) is 3.64. The smallest absolute Gasteiger partial charge is 0.262 e. The first-order valence-electron chi connectivity index (χ1n) is 9.66. The van der Waals surface area contributed by atoms with Gasteiger partial charge in [0, 0.05) is 23.3 Å². The Morgan fingerprint density at radius 3 is 2.58 bits per heavy atom. The van der Waals surface area contributed by atoms with Crippen LogP contribution in [-0.4, -0.2) is 25.2 Å². The van der Waals surface area contributed by atoms with Crippen molar-refractivity contribution in [2.75, 3.05) is 5.32 Å². The van der Waals surface area contributed by atoms with Gasteiger partial charge in [-0.1, -0.05) is 23.7 Å². The Kier molecular flexibility index (Phi) is 4.40. The molecule has 1 N–H and O–H groups in total. The molecule has 156 valence electrons. The van der Waals surface area contributed by atoms with Gasteiger partial charge in [0.05, 0.1) is 23.4 Å². The number of halogens is 2. The van der Waals surface area contributed by atoms with Crippen molar-refractivity contribution in [1.82, 2.24) is 19.3 Å². The fraction of sp³-hybridized carbons (Fsp3) is 0.182. The van der Waals surface area contributed by atoms with E-state index in [0.29, 0.717) is 45.7 Å². The molecule has 0 radical (unpaired) electrons. The molecule has 31 heavy (non-hydrogen) atoms. The predicted octanol–water partition coefficient (Wildman–Crippen LogP) is 3.72. The second kappa shape index (κ2) is 7.02. The minimum absolute atomic E-state index is 0.281. The number of rotatable bonds is 4. The number of aryl methyl sites for hydroxylation is 1. The van der Waals surface area contributed by atoms with Gasteiger partial charge in [-0.05, 0) is 43.2 Å². The van der Waals surface area contributed by atoms with Crippen LogP contribution in [0.2, 0.25) is 5.02 Å². The fourth-order valence-corrected chi connectivity index (χ4v) is 3.96. The van der Waals surface area contributed by atoms with Crippen LogP contribution >= 0.6 is 11.6 Å². The fourth-order valence-electron chi connectivity index (χ4n) is 3.79. The highest BCUT2D eigenvalue weighted by Gasteiger charge is 2.52. The van der Waals surface area contributed by atoms with Gasteiger partial charge >= 0.3 is 0 Å². The van der Waals surface area contributed by atoms with E-state index in [4.69, 9.17) is 11.6 Å². The number of carbonyl (C=O) groups is 1. The van der Waals surface area contributed by atoms with E-state index in [0.717, 1.165) is 6.20 Å². The lowest BCUT2D eigenvalue weighted by molar-refractivity contribution is -0.120. The normalized spacial score (nSPS) is 14.5. The summed E-state index contributed by atoms with van der Waals surface area (Å²) in [5.74, 6) is -0.704. The van der Waals surface area contributed by atoms with Gasteiger partial charge in [-0.2, -0.15) is 5.10 Å². The number of amides is 1. The van der Waals surface area contributed by atoms with Crippen LogP contribution in [0.4, 0.5) is 10.1 Å². The van der Waals surface area contributed by atoms with E-state index < -0.39 is 11.4 Å². The summed E-state index contributed by atoms with van der Waals surface area (Å²) in [7, 11) is 1.66. The number of anilines is 1. The number of hydrogen-bond donors (Lipinski definition) is 1. The summed E-state index contributed by atoms with van der Waals surface area (Å²) < 4.78 is 16.8. The van der Waals surface area contributed by atoms with Crippen molar-refractivity contribution in [2.24, 2.45) is 7.05 Å². The molecule has 2 aromatic heterocycles. The van der Waals surface area contributed by atoms with Crippen LogP contribution in [0.1, 0.15) is 12.8 Å². The largest absolute Gasteiger partial charge is 0.324 e. The molecule has 0 aliphatic heterocycles. The Morgan fingerprint density at radius 2 is 1.94 bits per heavy atom. The first-order chi connectivity index (χ1) is 14.9. The maximum atomic E-state index is 13.9. The molecular formula is C22H17ClFN5O2. The standard InChI is InChI=1S/C22H17ClFN5O2/c1-28-19(17(24)11-26-28)13-2-5-15(6-3-13)27-21(31)22(8-9-22)29-12-25-18-10-14(23)4-7-16(18)20(29)30/h2-7,10-12H,8-9H2,1H3,(H,27,31). The molecule has 4 aromatic rings. The van der Waals surface area contributed by atoms with E-state index >= 15 is 0 Å². The second-order valence-corrected chi connectivity index (χ2v) is 8.05. The van der Waals surface area contributed by atoms with E-state index in [9.17, 15) is 14.0 Å². The Morgan fingerprint density at radius 1 is 1.19 bits per heavy atom. The van der Waals surface area contributed by atoms with Gasteiger partial charge in [0.15, 0.2) is 5.82 Å². The van der Waals surface area contributed by atoms with E-state index in [-0.39, 0.29) is 11.5 Å². The van der Waals surface area contributed by atoms with Gasteiger partial charge in [0.25, 0.3) is 11.5 Å². The molecular weight excluding hydrogens is 421 g/mol. The maximum Gasteiger partial charge on any atom is 0.262 e. The van der Waals surface area contributed by atoms with Crippen LogP contribution in [0.5, 0.6) is 0 Å². The van der Waals surface area contributed by atoms with Crippen molar-refractivity contribution in [1.29, 1.82) is 0 Å². The van der Waals surface area contributed by atoms with Gasteiger partial charge in [-0.15, -0.1) is 0 Å². The average Bonchev–Trinajstić information content (AvgIpc) is 3.49. The molecule has 0 atom stereocenters. The summed E-state index contributed by atoms with van der Waals surface area (Å²) in [4.78, 5) is 30.4. The number of nitrogens with one attached hydrogen (secondary N) is 1. The van der Waals surface area contributed by atoms with Crippen LogP contribution < -0.4 is 10.9 Å². The molecule has 1 fully saturated rings. The van der Waals surface area contributed by atoms with Crippen molar-refractivity contribution in [3.8, 4) is 11.3 Å². The van der Waals surface area contributed by atoms with Crippen molar-refractivity contribution < 1.29 is 9.18 Å². The minimum atomic E-state index is -0.968. The minimum Gasteiger partial charge on any atom is -0.324 e. The predicted molar refractivity (Wildman–Crippen MR) is 115 cm³/mol. The lowest BCUT2D eigenvalue weighted by Gasteiger charge is -2.18. The van der Waals surface area contributed by atoms with Gasteiger partial charge in [-0.3, -0.25) is 18.8 Å². The highest BCUT2D eigenvalue weighted by atomic mass is 35.5. The van der Waals surface area contributed by atoms with E-state index in [1.54, 1.807) is 49.5 Å². The zero-order valence-electron chi connectivity index (χ0n) is 16.5. The van der Waals surface area contributed by atoms with Crippen LogP contribution in [0.3, 0.4) is 0 Å². The topological polar surface area (TPSA) is 81.8 Å². The summed E-state index contributed by atoms with van der Waals surface area (Å²) >= 11 is 5.98. The molecule has 0 bridgehead atoms. The molecule has 0 unspecified atom stereocenters. The van der Waals surface area contributed by atoms with Gasteiger partial charge < -0.3 is 5.32 Å². The van der Waals surface area contributed by atoms with Gasteiger partial charge in [0.2, 0.25) is 0 Å². The molecule has 7 nitrogen and oxygen atoms in total. The van der Waals surface area contributed by atoms with E-state index in [1.807, 2.05) is 0 Å². The third-order valence-electron chi connectivity index (χ3n) is 5.64. The van der Waals surface area contributed by atoms with Crippen LogP contribution in [0.25, 0.3) is 22.2 Å². The molecule has 1 amide bonds. The number of aromatic nitrogens is 4. The summed E-state index contributed by atoms with van der Waals surface area (Å²) in [5, 5.41) is 7.67. The number of benzene rings is 2. The second-order valence-electron chi connectivity index (χ2n) is 7.61. The van der Waals surface area contributed by atoms with Gasteiger partial charge in [0.1, 0.15) is 11.2 Å². The molecule has 9 heteroatoms. The highest BCUT2D eigenvalue weighted by molar-refractivity contribution is 6.31. The number of carbonyl (C=O) groups excluding carboxylic acids is 1. The van der Waals surface area contributed by atoms with E-state index in [2.05, 4.69) is 15.4 Å². The summed E-state index contributed by atoms with van der Waals surface area (Å²) in [6, 6.07) is 11.7. The van der Waals surface area contributed by atoms with Crippen molar-refractivity contribution in [3.05, 3.63) is 76.2 Å². The Bertz CT molecular complexity index is 1370. The highest BCUT2D eigenvalue weighted by Crippen LogP contribution is 2.43. The van der Waals surface area contributed by atoms with Crippen molar-refractivity contribution in [2.45, 2.75) is 18.4 Å². The quantitative estimate of drug-likeness (QED) is 0.527. The van der Waals surface area contributed by atoms with Crippen molar-refractivity contribution >= 4 is 34.1 Å². The van der Waals surface area contributed by atoms with E-state index in [1.165, 1.54) is 15.6 Å². The number of fused-ring (bicyclic) bond motifs is 1. The third-order valence-corrected chi connectivity index (χ3v) is 5.87. The summed E-state index contributed by atoms with van der Waals surface area (Å²) in [6.45, 7) is 0. The molecule has 1 aliphatic carbocycles. The monoisotopic (exact) mass is 437 g/mol. The number of nitrogens with zero attached hydrogens (tertiary/aromatic N) is 4. The first-order valence-corrected chi connectivity index (χ1v) is 10.0. The molecule has 0 spiro atoms. The third kappa shape index (κ3) is 3.19. The molecule has 2 aromatic carbocycles. The zero-order chi connectivity index (χ0) is 21.8. The number of hydrogen-bond acceptors (Lipinski definition) is 4. The SMILES string of the molecule is Cn1ncc(F)c1-c1ccc(NC(=O)C2(n3cnc4cc(Cl)ccc4c3=O)CC2)cc1. The molecule has 1 saturated carbocycles. The molecule has 0 saturated heterocycles.